The van der Waals surface area contributed by atoms with E-state index < -0.39 is 17.4 Å². The molecule has 8 heteroatoms. The summed E-state index contributed by atoms with van der Waals surface area (Å²) in [7, 11) is 1.38. The number of rotatable bonds is 5. The molecule has 2 N–H and O–H groups in total. The number of hydrogen-bond donors (Lipinski definition) is 2. The third-order valence-corrected chi connectivity index (χ3v) is 3.37. The first kappa shape index (κ1) is 14.4. The summed E-state index contributed by atoms with van der Waals surface area (Å²) in [5, 5.41) is 11.6. The van der Waals surface area contributed by atoms with Crippen LogP contribution in [0.5, 0.6) is 0 Å². The summed E-state index contributed by atoms with van der Waals surface area (Å²) in [6, 6.07) is 4.82. The monoisotopic (exact) mass is 295 g/mol. The number of fused-ring (bicyclic) bond motifs is 1. The molecule has 1 amide bonds. The van der Waals surface area contributed by atoms with Gasteiger partial charge in [-0.1, -0.05) is 0 Å². The molecule has 1 aromatic rings. The Morgan fingerprint density at radius 1 is 1.40 bits per heavy atom. The maximum Gasteiger partial charge on any atom is 0.331 e. The van der Waals surface area contributed by atoms with Gasteiger partial charge in [0.15, 0.2) is 5.54 Å². The van der Waals surface area contributed by atoms with E-state index in [0.717, 1.165) is 11.4 Å². The van der Waals surface area contributed by atoms with Crippen molar-refractivity contribution in [1.82, 2.24) is 5.32 Å². The van der Waals surface area contributed by atoms with E-state index in [0.29, 0.717) is 16.9 Å². The quantitative estimate of drug-likeness (QED) is 0.875. The summed E-state index contributed by atoms with van der Waals surface area (Å²) in [6.07, 6.45) is 0. The fraction of sp³-hybridized carbons (Fsp3) is 0.333. The van der Waals surface area contributed by atoms with E-state index in [4.69, 9.17) is 4.74 Å². The van der Waals surface area contributed by atoms with Crippen LogP contribution in [0.3, 0.4) is 0 Å². The summed E-state index contributed by atoms with van der Waals surface area (Å²) in [6.45, 7) is 1.26. The molecule has 0 saturated carbocycles. The molecule has 0 aliphatic carbocycles. The summed E-state index contributed by atoms with van der Waals surface area (Å²) in [5.41, 5.74) is 0.144. The van der Waals surface area contributed by atoms with Gasteiger partial charge in [0, 0.05) is 12.7 Å². The molecule has 1 aliphatic rings. The smallest absolute Gasteiger partial charge is 0.331 e. The predicted octanol–water partition coefficient (Wildman–Crippen LogP) is 1.63. The zero-order valence-corrected chi connectivity index (χ0v) is 11.7. The van der Waals surface area contributed by atoms with Crippen molar-refractivity contribution in [3.8, 4) is 0 Å². The lowest BCUT2D eigenvalue weighted by atomic mass is 10.0. The molecule has 1 aliphatic heterocycles. The highest BCUT2D eigenvalue weighted by Crippen LogP contribution is 2.32. The van der Waals surface area contributed by atoms with Crippen LogP contribution < -0.4 is 5.32 Å². The molecule has 0 spiro atoms. The lowest BCUT2D eigenvalue weighted by Gasteiger charge is -2.25. The average molecular weight is 295 g/mol. The minimum Gasteiger partial charge on any atom is -0.479 e. The zero-order valence-electron chi connectivity index (χ0n) is 10.9. The van der Waals surface area contributed by atoms with Gasteiger partial charge in [0.05, 0.1) is 18.0 Å². The van der Waals surface area contributed by atoms with Gasteiger partial charge in [-0.3, -0.25) is 4.79 Å². The Balaban J connectivity index is 2.19. The van der Waals surface area contributed by atoms with Gasteiger partial charge in [0.25, 0.3) is 5.91 Å². The van der Waals surface area contributed by atoms with Gasteiger partial charge < -0.3 is 15.2 Å². The highest BCUT2D eigenvalue weighted by molar-refractivity contribution is 7.58. The van der Waals surface area contributed by atoms with Gasteiger partial charge in [0.2, 0.25) is 0 Å². The van der Waals surface area contributed by atoms with E-state index in [1.54, 1.807) is 18.2 Å². The minimum atomic E-state index is -1.49. The van der Waals surface area contributed by atoms with Gasteiger partial charge in [-0.15, -0.1) is 0 Å². The molecule has 1 atom stereocenters. The van der Waals surface area contributed by atoms with Crippen molar-refractivity contribution in [2.75, 3.05) is 13.7 Å². The van der Waals surface area contributed by atoms with Crippen molar-refractivity contribution in [2.24, 2.45) is 8.73 Å². The molecule has 7 nitrogen and oxygen atoms in total. The zero-order chi connectivity index (χ0) is 14.8. The topological polar surface area (TPSA) is 100 Å². The van der Waals surface area contributed by atoms with Crippen molar-refractivity contribution in [2.45, 2.75) is 12.5 Å². The van der Waals surface area contributed by atoms with Crippen molar-refractivity contribution in [3.63, 3.8) is 0 Å². The largest absolute Gasteiger partial charge is 0.479 e. The van der Waals surface area contributed by atoms with Crippen LogP contribution in [0, 0.1) is 0 Å². The first-order chi connectivity index (χ1) is 9.46. The molecular weight excluding hydrogens is 282 g/mol. The van der Waals surface area contributed by atoms with Crippen molar-refractivity contribution in [1.29, 1.82) is 0 Å². The lowest BCUT2D eigenvalue weighted by Crippen LogP contribution is -2.55. The van der Waals surface area contributed by atoms with Gasteiger partial charge >= 0.3 is 5.97 Å². The lowest BCUT2D eigenvalue weighted by molar-refractivity contribution is -0.145. The Labute approximate surface area is 118 Å². The average Bonchev–Trinajstić information content (AvgIpc) is 2.85. The highest BCUT2D eigenvalue weighted by atomic mass is 32.1. The molecule has 1 aromatic carbocycles. The number of hydrogen-bond acceptors (Lipinski definition) is 5. The van der Waals surface area contributed by atoms with Gasteiger partial charge in [-0.05, 0) is 25.1 Å². The van der Waals surface area contributed by atoms with E-state index in [9.17, 15) is 14.7 Å². The SMILES string of the molecule is COCC(C)(NC(=O)c1ccc2c(c1)N=S=N2)C(=O)O. The minimum absolute atomic E-state index is 0.130. The highest BCUT2D eigenvalue weighted by Gasteiger charge is 2.35. The third-order valence-electron chi connectivity index (χ3n) is 2.81. The maximum absolute atomic E-state index is 12.1. The summed E-state index contributed by atoms with van der Waals surface area (Å²) in [4.78, 5) is 23.4. The van der Waals surface area contributed by atoms with Crippen LogP contribution in [-0.2, 0) is 20.9 Å². The Kier molecular flexibility index (Phi) is 3.96. The molecule has 20 heavy (non-hydrogen) atoms. The number of carbonyl (C=O) groups is 2. The van der Waals surface area contributed by atoms with Crippen LogP contribution in [0.4, 0.5) is 11.4 Å². The number of carboxylic acids is 1. The van der Waals surface area contributed by atoms with Crippen molar-refractivity contribution >= 4 is 34.6 Å². The number of carboxylic acid groups (broad SMARTS) is 1. The first-order valence-corrected chi connectivity index (χ1v) is 6.46. The molecule has 0 bridgehead atoms. The summed E-state index contributed by atoms with van der Waals surface area (Å²) >= 11 is 1.05. The molecule has 106 valence electrons. The number of nitrogens with one attached hydrogen (secondary N) is 1. The van der Waals surface area contributed by atoms with E-state index >= 15 is 0 Å². The number of aliphatic carboxylic acids is 1. The van der Waals surface area contributed by atoms with E-state index in [1.165, 1.54) is 14.0 Å². The van der Waals surface area contributed by atoms with Crippen LogP contribution in [-0.4, -0.2) is 36.2 Å². The van der Waals surface area contributed by atoms with E-state index in [-0.39, 0.29) is 6.61 Å². The van der Waals surface area contributed by atoms with Crippen molar-refractivity contribution in [3.05, 3.63) is 23.8 Å². The predicted molar refractivity (Wildman–Crippen MR) is 73.4 cm³/mol. The number of amides is 1. The second kappa shape index (κ2) is 5.51. The Morgan fingerprint density at radius 2 is 2.10 bits per heavy atom. The first-order valence-electron chi connectivity index (χ1n) is 5.73. The Hall–Kier alpha value is -2.06. The Morgan fingerprint density at radius 3 is 2.75 bits per heavy atom. The number of benzene rings is 1. The summed E-state index contributed by atoms with van der Waals surface area (Å²) in [5.74, 6) is -1.66. The molecule has 0 saturated heterocycles. The fourth-order valence-electron chi connectivity index (χ4n) is 1.69. The molecule has 1 unspecified atom stereocenters. The van der Waals surface area contributed by atoms with Crippen LogP contribution >= 0.6 is 0 Å². The van der Waals surface area contributed by atoms with Crippen LogP contribution in [0.2, 0.25) is 0 Å². The number of nitrogens with zero attached hydrogens (tertiary/aromatic N) is 2. The normalized spacial score (nSPS) is 15.1. The van der Waals surface area contributed by atoms with Crippen molar-refractivity contribution < 1.29 is 19.4 Å². The van der Waals surface area contributed by atoms with Gasteiger partial charge in [0.1, 0.15) is 11.4 Å². The molecule has 0 aromatic heterocycles. The Bertz CT molecular complexity index is 640. The molecule has 2 rings (SSSR count). The molecular formula is C12H13N3O4S. The molecule has 1 heterocycles. The standard InChI is InChI=1S/C12H13N3O4S/c1-12(6-19-2,11(17)18)13-10(16)7-3-4-8-9(5-7)15-20-14-8/h3-5H,6H2,1-2H3,(H,13,16)(H,17,18). The van der Waals surface area contributed by atoms with E-state index in [1.807, 2.05) is 0 Å². The molecule has 0 fully saturated rings. The van der Waals surface area contributed by atoms with E-state index in [2.05, 4.69) is 14.0 Å². The van der Waals surface area contributed by atoms with Gasteiger partial charge in [-0.2, -0.15) is 8.73 Å². The van der Waals surface area contributed by atoms with Gasteiger partial charge in [-0.25, -0.2) is 4.79 Å². The third kappa shape index (κ3) is 2.75. The second-order valence-electron chi connectivity index (χ2n) is 4.49. The molecule has 0 radical (unpaired) electrons. The maximum atomic E-state index is 12.1. The van der Waals surface area contributed by atoms with Crippen LogP contribution in [0.1, 0.15) is 17.3 Å². The number of ether oxygens (including phenoxy) is 1. The van der Waals surface area contributed by atoms with Crippen LogP contribution in [0.25, 0.3) is 0 Å². The summed E-state index contributed by atoms with van der Waals surface area (Å²) < 4.78 is 12.9. The van der Waals surface area contributed by atoms with Crippen LogP contribution in [0.15, 0.2) is 26.9 Å². The number of carbonyl (C=O) groups excluding carboxylic acids is 1. The fourth-order valence-corrected chi connectivity index (χ4v) is 2.20. The number of methoxy groups -OCH3 is 1. The second-order valence-corrected chi connectivity index (χ2v) is 5.02.